The van der Waals surface area contributed by atoms with Crippen molar-refractivity contribution in [3.05, 3.63) is 57.4 Å². The van der Waals surface area contributed by atoms with Crippen molar-refractivity contribution in [1.29, 1.82) is 0 Å². The Kier molecular flexibility index (Phi) is 3.86. The van der Waals surface area contributed by atoms with Gasteiger partial charge in [-0.3, -0.25) is 0 Å². The molecule has 0 saturated heterocycles. The molecule has 0 spiro atoms. The smallest absolute Gasteiger partial charge is 0.336 e. The molecule has 0 fully saturated rings. The minimum absolute atomic E-state index is 0.130. The number of aromatic carboxylic acids is 1. The highest BCUT2D eigenvalue weighted by molar-refractivity contribution is 5.97. The number of rotatable bonds is 2. The fraction of sp³-hybridized carbons (Fsp3) is 0.278. The highest BCUT2D eigenvalue weighted by Crippen LogP contribution is 2.36. The Labute approximate surface area is 124 Å². The predicted octanol–water partition coefficient (Wildman–Crippen LogP) is 4.73. The van der Waals surface area contributed by atoms with Crippen LogP contribution < -0.4 is 0 Å². The summed E-state index contributed by atoms with van der Waals surface area (Å²) < 4.78 is 13.6. The second kappa shape index (κ2) is 5.32. The summed E-state index contributed by atoms with van der Waals surface area (Å²) in [5.74, 6) is -1.47. The van der Waals surface area contributed by atoms with Gasteiger partial charge in [0.1, 0.15) is 5.82 Å². The van der Waals surface area contributed by atoms with Gasteiger partial charge in [-0.05, 0) is 91.8 Å². The van der Waals surface area contributed by atoms with Gasteiger partial charge in [0.25, 0.3) is 0 Å². The second-order valence-corrected chi connectivity index (χ2v) is 5.50. The summed E-state index contributed by atoms with van der Waals surface area (Å²) in [6.45, 7) is 10.0. The second-order valence-electron chi connectivity index (χ2n) is 5.50. The zero-order valence-corrected chi connectivity index (χ0v) is 13.0. The third-order valence-corrected chi connectivity index (χ3v) is 4.48. The highest BCUT2D eigenvalue weighted by atomic mass is 19.1. The van der Waals surface area contributed by atoms with E-state index in [9.17, 15) is 14.3 Å². The quantitative estimate of drug-likeness (QED) is 0.866. The number of hydrogen-bond donors (Lipinski definition) is 1. The van der Waals surface area contributed by atoms with Crippen molar-refractivity contribution in [1.82, 2.24) is 0 Å². The maximum Gasteiger partial charge on any atom is 0.336 e. The fourth-order valence-corrected chi connectivity index (χ4v) is 2.81. The number of benzene rings is 2. The zero-order valence-electron chi connectivity index (χ0n) is 13.0. The molecule has 3 heteroatoms. The first-order valence-electron chi connectivity index (χ1n) is 6.85. The molecule has 0 bridgehead atoms. The molecule has 0 aliphatic heterocycles. The molecule has 2 aromatic rings. The van der Waals surface area contributed by atoms with E-state index in [1.807, 2.05) is 27.7 Å². The lowest BCUT2D eigenvalue weighted by atomic mass is 9.85. The van der Waals surface area contributed by atoms with E-state index in [1.54, 1.807) is 0 Å². The molecular formula is C18H19FO2. The Hall–Kier alpha value is -2.16. The summed E-state index contributed by atoms with van der Waals surface area (Å²) in [5.41, 5.74) is 6.85. The average molecular weight is 286 g/mol. The maximum absolute atomic E-state index is 13.6. The topological polar surface area (TPSA) is 37.3 Å². The van der Waals surface area contributed by atoms with Crippen molar-refractivity contribution >= 4 is 5.97 Å². The lowest BCUT2D eigenvalue weighted by Gasteiger charge is -2.20. The van der Waals surface area contributed by atoms with Gasteiger partial charge in [0.15, 0.2) is 0 Å². The standard InChI is InChI=1S/C18H19FO2/c1-9-10(2)12(4)17(13(5)11(9)3)16-8-14(19)6-7-15(16)18(20)21/h6-8H,1-5H3,(H,20,21). The molecule has 0 aromatic heterocycles. The number of carbonyl (C=O) groups is 1. The highest BCUT2D eigenvalue weighted by Gasteiger charge is 2.19. The van der Waals surface area contributed by atoms with Gasteiger partial charge >= 0.3 is 5.97 Å². The van der Waals surface area contributed by atoms with Crippen molar-refractivity contribution in [2.24, 2.45) is 0 Å². The van der Waals surface area contributed by atoms with E-state index in [0.717, 1.165) is 27.8 Å². The molecule has 0 aliphatic carbocycles. The van der Waals surface area contributed by atoms with Crippen LogP contribution in [0.25, 0.3) is 11.1 Å². The van der Waals surface area contributed by atoms with Gasteiger partial charge < -0.3 is 5.11 Å². The van der Waals surface area contributed by atoms with Crippen molar-refractivity contribution < 1.29 is 14.3 Å². The maximum atomic E-state index is 13.6. The van der Waals surface area contributed by atoms with Crippen LogP contribution in [0.1, 0.15) is 38.2 Å². The Morgan fingerprint density at radius 3 is 1.86 bits per heavy atom. The van der Waals surface area contributed by atoms with Crippen LogP contribution in [0.5, 0.6) is 0 Å². The van der Waals surface area contributed by atoms with Crippen LogP contribution in [0, 0.1) is 40.4 Å². The first-order valence-corrected chi connectivity index (χ1v) is 6.85. The Morgan fingerprint density at radius 2 is 1.38 bits per heavy atom. The molecular weight excluding hydrogens is 267 g/mol. The van der Waals surface area contributed by atoms with Gasteiger partial charge in [-0.1, -0.05) is 0 Å². The average Bonchev–Trinajstić information content (AvgIpc) is 2.43. The number of carboxylic acids is 1. The molecule has 0 radical (unpaired) electrons. The van der Waals surface area contributed by atoms with Crippen LogP contribution in [0.2, 0.25) is 0 Å². The van der Waals surface area contributed by atoms with Crippen LogP contribution in [0.4, 0.5) is 4.39 Å². The Balaban J connectivity index is 2.92. The van der Waals surface area contributed by atoms with E-state index in [-0.39, 0.29) is 5.56 Å². The molecule has 0 aliphatic rings. The molecule has 0 atom stereocenters. The van der Waals surface area contributed by atoms with E-state index in [1.165, 1.54) is 23.8 Å². The molecule has 0 amide bonds. The zero-order chi connectivity index (χ0) is 15.9. The van der Waals surface area contributed by atoms with Crippen LogP contribution >= 0.6 is 0 Å². The third-order valence-electron chi connectivity index (χ3n) is 4.48. The molecule has 2 rings (SSSR count). The van der Waals surface area contributed by atoms with Gasteiger partial charge in [0.05, 0.1) is 5.56 Å². The van der Waals surface area contributed by atoms with Crippen molar-refractivity contribution in [2.75, 3.05) is 0 Å². The first kappa shape index (κ1) is 15.2. The lowest BCUT2D eigenvalue weighted by Crippen LogP contribution is -2.05. The normalized spacial score (nSPS) is 10.8. The molecule has 2 nitrogen and oxygen atoms in total. The SMILES string of the molecule is Cc1c(C)c(C)c(-c2cc(F)ccc2C(=O)O)c(C)c1C. The molecule has 0 heterocycles. The third kappa shape index (κ3) is 2.44. The largest absolute Gasteiger partial charge is 0.478 e. The van der Waals surface area contributed by atoms with E-state index >= 15 is 0 Å². The summed E-state index contributed by atoms with van der Waals surface area (Å²) in [4.78, 5) is 11.4. The summed E-state index contributed by atoms with van der Waals surface area (Å²) in [6.07, 6.45) is 0. The molecule has 110 valence electrons. The Morgan fingerprint density at radius 1 is 0.905 bits per heavy atom. The minimum atomic E-state index is -1.04. The molecule has 21 heavy (non-hydrogen) atoms. The van der Waals surface area contributed by atoms with Crippen molar-refractivity contribution in [3.63, 3.8) is 0 Å². The van der Waals surface area contributed by atoms with Gasteiger partial charge in [-0.2, -0.15) is 0 Å². The minimum Gasteiger partial charge on any atom is -0.478 e. The molecule has 0 saturated carbocycles. The predicted molar refractivity (Wildman–Crippen MR) is 82.5 cm³/mol. The molecule has 2 aromatic carbocycles. The monoisotopic (exact) mass is 286 g/mol. The van der Waals surface area contributed by atoms with Gasteiger partial charge in [-0.25, -0.2) is 9.18 Å². The van der Waals surface area contributed by atoms with Crippen LogP contribution in [0.15, 0.2) is 18.2 Å². The Bertz CT molecular complexity index is 716. The van der Waals surface area contributed by atoms with Gasteiger partial charge in [0, 0.05) is 0 Å². The molecule has 0 unspecified atom stereocenters. The summed E-state index contributed by atoms with van der Waals surface area (Å²) in [5, 5.41) is 9.37. The summed E-state index contributed by atoms with van der Waals surface area (Å²) in [7, 11) is 0. The first-order chi connectivity index (χ1) is 9.75. The van der Waals surface area contributed by atoms with Crippen LogP contribution in [-0.2, 0) is 0 Å². The number of carboxylic acid groups (broad SMARTS) is 1. The van der Waals surface area contributed by atoms with Crippen molar-refractivity contribution in [3.8, 4) is 11.1 Å². The number of halogens is 1. The van der Waals surface area contributed by atoms with E-state index < -0.39 is 11.8 Å². The van der Waals surface area contributed by atoms with Gasteiger partial charge in [-0.15, -0.1) is 0 Å². The fourth-order valence-electron chi connectivity index (χ4n) is 2.81. The lowest BCUT2D eigenvalue weighted by molar-refractivity contribution is 0.0697. The van der Waals surface area contributed by atoms with Crippen LogP contribution in [-0.4, -0.2) is 11.1 Å². The van der Waals surface area contributed by atoms with E-state index in [2.05, 4.69) is 6.92 Å². The van der Waals surface area contributed by atoms with E-state index in [0.29, 0.717) is 5.56 Å². The van der Waals surface area contributed by atoms with E-state index in [4.69, 9.17) is 0 Å². The van der Waals surface area contributed by atoms with Crippen molar-refractivity contribution in [2.45, 2.75) is 34.6 Å². The van der Waals surface area contributed by atoms with Gasteiger partial charge in [0.2, 0.25) is 0 Å². The number of hydrogen-bond acceptors (Lipinski definition) is 1. The summed E-state index contributed by atoms with van der Waals surface area (Å²) in [6, 6.07) is 3.83. The van der Waals surface area contributed by atoms with Crippen LogP contribution in [0.3, 0.4) is 0 Å². The molecule has 1 N–H and O–H groups in total. The summed E-state index contributed by atoms with van der Waals surface area (Å²) >= 11 is 0.